The second kappa shape index (κ2) is 7.27. The molecule has 0 radical (unpaired) electrons. The van der Waals surface area contributed by atoms with Gasteiger partial charge in [-0.15, -0.1) is 0 Å². The fraction of sp³-hybridized carbons (Fsp3) is 0.273. The van der Waals surface area contributed by atoms with E-state index in [0.29, 0.717) is 12.5 Å². The highest BCUT2D eigenvalue weighted by Gasteiger charge is 2.13. The van der Waals surface area contributed by atoms with Crippen molar-refractivity contribution >= 4 is 11.6 Å². The summed E-state index contributed by atoms with van der Waals surface area (Å²) in [6.45, 7) is 4.59. The Morgan fingerprint density at radius 2 is 1.89 bits per heavy atom. The maximum atomic E-state index is 6.13. The smallest absolute Gasteiger partial charge is 0.193 e. The van der Waals surface area contributed by atoms with E-state index in [1.807, 2.05) is 29.8 Å². The number of aromatic nitrogens is 2. The fourth-order valence-electron chi connectivity index (χ4n) is 3.73. The normalized spacial score (nSPS) is 13.6. The molecule has 0 amide bonds. The topological polar surface area (TPSA) is 68.2 Å². The maximum absolute atomic E-state index is 6.13. The third kappa shape index (κ3) is 3.58. The Bertz CT molecular complexity index is 985. The predicted molar refractivity (Wildman–Crippen MR) is 110 cm³/mol. The summed E-state index contributed by atoms with van der Waals surface area (Å²) in [4.78, 5) is 4.54. The Morgan fingerprint density at radius 3 is 2.70 bits per heavy atom. The molecule has 0 unspecified atom stereocenters. The molecule has 1 aliphatic rings. The molecule has 1 aliphatic carbocycles. The summed E-state index contributed by atoms with van der Waals surface area (Å²) >= 11 is 0. The molecular formula is C22H25N5. The SMILES string of the molecule is Cc1nn(-c2ccccc2)c(C)c1CN=C(N)Nc1ccc2c(c1)CCC2. The summed E-state index contributed by atoms with van der Waals surface area (Å²) in [6.07, 6.45) is 3.58. The Balaban J connectivity index is 1.50. The number of rotatable bonds is 4. The molecular weight excluding hydrogens is 334 g/mol. The number of anilines is 1. The van der Waals surface area contributed by atoms with Crippen molar-refractivity contribution in [3.05, 3.63) is 76.6 Å². The van der Waals surface area contributed by atoms with Crippen molar-refractivity contribution in [2.75, 3.05) is 5.32 Å². The van der Waals surface area contributed by atoms with Crippen LogP contribution in [0.3, 0.4) is 0 Å². The van der Waals surface area contributed by atoms with Crippen LogP contribution in [0.4, 0.5) is 5.69 Å². The molecule has 0 bridgehead atoms. The van der Waals surface area contributed by atoms with Crippen LogP contribution in [0, 0.1) is 13.8 Å². The number of nitrogens with one attached hydrogen (secondary N) is 1. The largest absolute Gasteiger partial charge is 0.370 e. The van der Waals surface area contributed by atoms with Crippen molar-refractivity contribution in [1.82, 2.24) is 9.78 Å². The first-order valence-corrected chi connectivity index (χ1v) is 9.41. The molecule has 1 heterocycles. The number of benzene rings is 2. The lowest BCUT2D eigenvalue weighted by molar-refractivity contribution is 0.832. The van der Waals surface area contributed by atoms with Gasteiger partial charge in [-0.3, -0.25) is 0 Å². The van der Waals surface area contributed by atoms with Gasteiger partial charge in [0.1, 0.15) is 0 Å². The van der Waals surface area contributed by atoms with Gasteiger partial charge in [-0.2, -0.15) is 5.10 Å². The molecule has 0 spiro atoms. The summed E-state index contributed by atoms with van der Waals surface area (Å²) in [7, 11) is 0. The number of aliphatic imine (C=N–C) groups is 1. The number of fused-ring (bicyclic) bond motifs is 1. The van der Waals surface area contributed by atoms with Gasteiger partial charge in [-0.1, -0.05) is 24.3 Å². The maximum Gasteiger partial charge on any atom is 0.193 e. The zero-order valence-corrected chi connectivity index (χ0v) is 15.9. The summed E-state index contributed by atoms with van der Waals surface area (Å²) in [5.41, 5.74) is 14.2. The molecule has 5 heteroatoms. The monoisotopic (exact) mass is 359 g/mol. The van der Waals surface area contributed by atoms with Gasteiger partial charge in [-0.25, -0.2) is 9.67 Å². The summed E-state index contributed by atoms with van der Waals surface area (Å²) in [5.74, 6) is 0.430. The Labute approximate surface area is 159 Å². The third-order valence-electron chi connectivity index (χ3n) is 5.22. The van der Waals surface area contributed by atoms with Gasteiger partial charge in [-0.05, 0) is 68.5 Å². The molecule has 1 aromatic heterocycles. The quantitative estimate of drug-likeness (QED) is 0.548. The number of para-hydroxylation sites is 1. The molecule has 2 aromatic carbocycles. The second-order valence-corrected chi connectivity index (χ2v) is 7.06. The van der Waals surface area contributed by atoms with Crippen molar-refractivity contribution in [2.45, 2.75) is 39.7 Å². The molecule has 3 N–H and O–H groups in total. The van der Waals surface area contributed by atoms with Crippen LogP contribution in [0.15, 0.2) is 53.5 Å². The summed E-state index contributed by atoms with van der Waals surface area (Å²) in [5, 5.41) is 7.89. The van der Waals surface area contributed by atoms with Crippen molar-refractivity contribution in [1.29, 1.82) is 0 Å². The van der Waals surface area contributed by atoms with Crippen LogP contribution < -0.4 is 11.1 Å². The Kier molecular flexibility index (Phi) is 4.67. The van der Waals surface area contributed by atoms with E-state index in [-0.39, 0.29) is 0 Å². The molecule has 0 saturated heterocycles. The molecule has 0 saturated carbocycles. The second-order valence-electron chi connectivity index (χ2n) is 7.06. The van der Waals surface area contributed by atoms with E-state index in [9.17, 15) is 0 Å². The van der Waals surface area contributed by atoms with Crippen LogP contribution in [0.1, 0.15) is 34.5 Å². The van der Waals surface area contributed by atoms with Crippen LogP contribution >= 0.6 is 0 Å². The summed E-state index contributed by atoms with van der Waals surface area (Å²) in [6, 6.07) is 16.6. The van der Waals surface area contributed by atoms with Crippen LogP contribution in [0.2, 0.25) is 0 Å². The van der Waals surface area contributed by atoms with E-state index in [1.54, 1.807) is 0 Å². The van der Waals surface area contributed by atoms with Gasteiger partial charge in [0.2, 0.25) is 0 Å². The molecule has 27 heavy (non-hydrogen) atoms. The van der Waals surface area contributed by atoms with Gasteiger partial charge in [0.05, 0.1) is 17.9 Å². The van der Waals surface area contributed by atoms with Crippen molar-refractivity contribution in [3.8, 4) is 5.69 Å². The van der Waals surface area contributed by atoms with Gasteiger partial charge >= 0.3 is 0 Å². The van der Waals surface area contributed by atoms with Crippen molar-refractivity contribution in [3.63, 3.8) is 0 Å². The lowest BCUT2D eigenvalue weighted by atomic mass is 10.1. The highest BCUT2D eigenvalue weighted by molar-refractivity contribution is 5.92. The lowest BCUT2D eigenvalue weighted by Gasteiger charge is -2.08. The van der Waals surface area contributed by atoms with E-state index in [4.69, 9.17) is 5.73 Å². The first-order valence-electron chi connectivity index (χ1n) is 9.41. The average molecular weight is 359 g/mol. The van der Waals surface area contributed by atoms with Crippen molar-refractivity contribution < 1.29 is 0 Å². The van der Waals surface area contributed by atoms with E-state index in [1.165, 1.54) is 24.0 Å². The van der Waals surface area contributed by atoms with Crippen LogP contribution in [-0.2, 0) is 19.4 Å². The number of aryl methyl sites for hydroxylation is 3. The number of hydrogen-bond acceptors (Lipinski definition) is 2. The van der Waals surface area contributed by atoms with Crippen LogP contribution in [0.25, 0.3) is 5.69 Å². The first-order chi connectivity index (χ1) is 13.1. The predicted octanol–water partition coefficient (Wildman–Crippen LogP) is 3.90. The molecule has 138 valence electrons. The average Bonchev–Trinajstić information content (AvgIpc) is 3.25. The minimum Gasteiger partial charge on any atom is -0.370 e. The van der Waals surface area contributed by atoms with E-state index in [0.717, 1.165) is 34.7 Å². The van der Waals surface area contributed by atoms with Gasteiger partial charge in [0.25, 0.3) is 0 Å². The minimum absolute atomic E-state index is 0.430. The van der Waals surface area contributed by atoms with Gasteiger partial charge in [0.15, 0.2) is 5.96 Å². The molecule has 0 aliphatic heterocycles. The van der Waals surface area contributed by atoms with Crippen LogP contribution in [-0.4, -0.2) is 15.7 Å². The van der Waals surface area contributed by atoms with Gasteiger partial charge in [0, 0.05) is 16.9 Å². The fourth-order valence-corrected chi connectivity index (χ4v) is 3.73. The zero-order chi connectivity index (χ0) is 18.8. The number of nitrogens with two attached hydrogens (primary N) is 1. The Hall–Kier alpha value is -3.08. The van der Waals surface area contributed by atoms with E-state index >= 15 is 0 Å². The molecule has 5 nitrogen and oxygen atoms in total. The minimum atomic E-state index is 0.430. The van der Waals surface area contributed by atoms with Crippen LogP contribution in [0.5, 0.6) is 0 Å². The molecule has 3 aromatic rings. The molecule has 4 rings (SSSR count). The van der Waals surface area contributed by atoms with Gasteiger partial charge < -0.3 is 11.1 Å². The van der Waals surface area contributed by atoms with E-state index < -0.39 is 0 Å². The number of hydrogen-bond donors (Lipinski definition) is 2. The zero-order valence-electron chi connectivity index (χ0n) is 15.9. The molecule has 0 atom stereocenters. The van der Waals surface area contributed by atoms with Crippen molar-refractivity contribution in [2.24, 2.45) is 10.7 Å². The highest BCUT2D eigenvalue weighted by Crippen LogP contribution is 2.25. The number of guanidine groups is 1. The first kappa shape index (κ1) is 17.3. The highest BCUT2D eigenvalue weighted by atomic mass is 15.3. The molecule has 0 fully saturated rings. The van der Waals surface area contributed by atoms with E-state index in [2.05, 4.69) is 52.7 Å². The lowest BCUT2D eigenvalue weighted by Crippen LogP contribution is -2.22. The number of nitrogens with zero attached hydrogens (tertiary/aromatic N) is 3. The Morgan fingerprint density at radius 1 is 1.11 bits per heavy atom. The third-order valence-corrected chi connectivity index (χ3v) is 5.22. The standard InChI is InChI=1S/C22H25N5/c1-15-21(16(2)27(26-15)20-9-4-3-5-10-20)14-24-22(23)25-19-12-11-17-7-6-8-18(17)13-19/h3-5,9-13H,6-8,14H2,1-2H3,(H3,23,24,25). The summed E-state index contributed by atoms with van der Waals surface area (Å²) < 4.78 is 1.96.